The summed E-state index contributed by atoms with van der Waals surface area (Å²) in [5, 5.41) is 11.5. The third-order valence-electron chi connectivity index (χ3n) is 3.96. The Labute approximate surface area is 146 Å². The number of rotatable bonds is 6. The minimum atomic E-state index is -0.127. The number of likely N-dealkylation sites (N-methyl/N-ethyl adjacent to an activating group) is 1. The smallest absolute Gasteiger partial charge is 0.227 e. The van der Waals surface area contributed by atoms with Gasteiger partial charge in [-0.1, -0.05) is 0 Å². The van der Waals surface area contributed by atoms with Crippen LogP contribution in [0.25, 0.3) is 11.5 Å². The largest absolute Gasteiger partial charge is 0.376 e. The molecule has 0 spiro atoms. The van der Waals surface area contributed by atoms with Crippen LogP contribution in [-0.4, -0.2) is 63.4 Å². The van der Waals surface area contributed by atoms with Crippen molar-refractivity contribution in [3.05, 3.63) is 18.1 Å². The molecule has 2 aromatic rings. The summed E-state index contributed by atoms with van der Waals surface area (Å²) in [5.41, 5.74) is 0.863. The first-order chi connectivity index (χ1) is 12.1. The molecule has 1 saturated heterocycles. The second-order valence-electron chi connectivity index (χ2n) is 6.21. The van der Waals surface area contributed by atoms with Crippen LogP contribution < -0.4 is 5.32 Å². The van der Waals surface area contributed by atoms with Gasteiger partial charge in [-0.05, 0) is 19.9 Å². The molecule has 1 aliphatic rings. The minimum Gasteiger partial charge on any atom is -0.376 e. The first kappa shape index (κ1) is 17.6. The number of carbonyl (C=O) groups excluding carboxylic acids is 1. The molecule has 3 rings (SSSR count). The molecule has 1 amide bonds. The van der Waals surface area contributed by atoms with Crippen molar-refractivity contribution in [3.63, 3.8) is 0 Å². The molecule has 1 aliphatic heterocycles. The van der Waals surface area contributed by atoms with E-state index in [-0.39, 0.29) is 24.5 Å². The zero-order chi connectivity index (χ0) is 17.8. The molecule has 0 aromatic carbocycles. The highest BCUT2D eigenvalue weighted by molar-refractivity contribution is 5.77. The number of nitrogens with zero attached hydrogens (tertiary/aromatic N) is 5. The van der Waals surface area contributed by atoms with E-state index in [2.05, 4.69) is 34.3 Å². The molecule has 1 N–H and O–H groups in total. The Morgan fingerprint density at radius 2 is 2.28 bits per heavy atom. The first-order valence-corrected chi connectivity index (χ1v) is 8.46. The highest BCUT2D eigenvalue weighted by Crippen LogP contribution is 2.21. The summed E-state index contributed by atoms with van der Waals surface area (Å²) in [6.45, 7) is 6.33. The van der Waals surface area contributed by atoms with Gasteiger partial charge < -0.3 is 14.8 Å². The Kier molecular flexibility index (Phi) is 5.44. The number of hydrogen-bond donors (Lipinski definition) is 1. The van der Waals surface area contributed by atoms with E-state index in [1.807, 2.05) is 10.7 Å². The monoisotopic (exact) mass is 348 g/mol. The molecule has 9 heteroatoms. The third-order valence-corrected chi connectivity index (χ3v) is 3.96. The summed E-state index contributed by atoms with van der Waals surface area (Å²) in [6, 6.07) is 2.09. The molecule has 1 unspecified atom stereocenters. The van der Waals surface area contributed by atoms with Gasteiger partial charge >= 0.3 is 0 Å². The Morgan fingerprint density at radius 1 is 1.44 bits per heavy atom. The minimum absolute atomic E-state index is 0.0857. The quantitative estimate of drug-likeness (QED) is 0.813. The molecule has 2 aromatic heterocycles. The SMILES string of the molecule is CNC(=O)Cc1nc(-c2ccnn2C(C)C)n(CC2COCCO2)n1. The average molecular weight is 348 g/mol. The van der Waals surface area contributed by atoms with Gasteiger partial charge in [-0.15, -0.1) is 0 Å². The van der Waals surface area contributed by atoms with Crippen LogP contribution in [0.3, 0.4) is 0 Å². The van der Waals surface area contributed by atoms with Gasteiger partial charge in [0.2, 0.25) is 5.91 Å². The van der Waals surface area contributed by atoms with Gasteiger partial charge in [-0.2, -0.15) is 10.2 Å². The summed E-state index contributed by atoms with van der Waals surface area (Å²) in [6.07, 6.45) is 1.79. The number of ether oxygens (including phenoxy) is 2. The van der Waals surface area contributed by atoms with Crippen molar-refractivity contribution in [2.45, 2.75) is 39.0 Å². The van der Waals surface area contributed by atoms with Crippen molar-refractivity contribution in [3.8, 4) is 11.5 Å². The maximum atomic E-state index is 11.7. The molecule has 3 heterocycles. The summed E-state index contributed by atoms with van der Waals surface area (Å²) >= 11 is 0. The van der Waals surface area contributed by atoms with Crippen molar-refractivity contribution in [1.82, 2.24) is 29.9 Å². The fourth-order valence-electron chi connectivity index (χ4n) is 2.75. The average Bonchev–Trinajstić information content (AvgIpc) is 3.22. The zero-order valence-corrected chi connectivity index (χ0v) is 14.8. The van der Waals surface area contributed by atoms with Gasteiger partial charge in [-0.3, -0.25) is 9.48 Å². The summed E-state index contributed by atoms with van der Waals surface area (Å²) in [4.78, 5) is 16.3. The van der Waals surface area contributed by atoms with Crippen LogP contribution in [0, 0.1) is 0 Å². The number of amides is 1. The van der Waals surface area contributed by atoms with Crippen LogP contribution in [0.5, 0.6) is 0 Å². The van der Waals surface area contributed by atoms with Crippen LogP contribution >= 0.6 is 0 Å². The highest BCUT2D eigenvalue weighted by Gasteiger charge is 2.22. The van der Waals surface area contributed by atoms with Crippen LogP contribution in [0.2, 0.25) is 0 Å². The Hall–Kier alpha value is -2.26. The van der Waals surface area contributed by atoms with Gasteiger partial charge in [0.1, 0.15) is 11.8 Å². The Morgan fingerprint density at radius 3 is 2.96 bits per heavy atom. The fourth-order valence-corrected chi connectivity index (χ4v) is 2.75. The van der Waals surface area contributed by atoms with Crippen molar-refractivity contribution < 1.29 is 14.3 Å². The predicted molar refractivity (Wildman–Crippen MR) is 90.0 cm³/mol. The van der Waals surface area contributed by atoms with Crippen LogP contribution in [0.15, 0.2) is 12.3 Å². The van der Waals surface area contributed by atoms with E-state index < -0.39 is 0 Å². The lowest BCUT2D eigenvalue weighted by atomic mass is 10.3. The zero-order valence-electron chi connectivity index (χ0n) is 14.8. The number of carbonyl (C=O) groups is 1. The Bertz CT molecular complexity index is 717. The van der Waals surface area contributed by atoms with Crippen molar-refractivity contribution >= 4 is 5.91 Å². The standard InChI is InChI=1S/C16H24N6O3/c1-11(2)22-13(4-5-18-22)16-19-14(8-15(23)17-3)20-21(16)9-12-10-24-6-7-25-12/h4-5,11-12H,6-10H2,1-3H3,(H,17,23). The predicted octanol–water partition coefficient (Wildman–Crippen LogP) is 0.426. The van der Waals surface area contributed by atoms with E-state index >= 15 is 0 Å². The fraction of sp³-hybridized carbons (Fsp3) is 0.625. The number of nitrogens with one attached hydrogen (secondary N) is 1. The van der Waals surface area contributed by atoms with Gasteiger partial charge in [0.25, 0.3) is 0 Å². The lowest BCUT2D eigenvalue weighted by Gasteiger charge is -2.23. The molecule has 0 radical (unpaired) electrons. The second kappa shape index (κ2) is 7.75. The van der Waals surface area contributed by atoms with Crippen molar-refractivity contribution in [2.75, 3.05) is 26.9 Å². The summed E-state index contributed by atoms with van der Waals surface area (Å²) in [5.74, 6) is 1.03. The molecule has 0 saturated carbocycles. The van der Waals surface area contributed by atoms with E-state index in [0.29, 0.717) is 38.0 Å². The number of hydrogen-bond acceptors (Lipinski definition) is 6. The van der Waals surface area contributed by atoms with Crippen molar-refractivity contribution in [2.24, 2.45) is 0 Å². The second-order valence-corrected chi connectivity index (χ2v) is 6.21. The van der Waals surface area contributed by atoms with Crippen LogP contribution in [0.1, 0.15) is 25.7 Å². The molecule has 9 nitrogen and oxygen atoms in total. The molecular formula is C16H24N6O3. The lowest BCUT2D eigenvalue weighted by Crippen LogP contribution is -2.33. The normalized spacial score (nSPS) is 17.8. The van der Waals surface area contributed by atoms with E-state index in [0.717, 1.165) is 5.69 Å². The van der Waals surface area contributed by atoms with E-state index in [9.17, 15) is 4.79 Å². The summed E-state index contributed by atoms with van der Waals surface area (Å²) < 4.78 is 14.9. The van der Waals surface area contributed by atoms with Crippen molar-refractivity contribution in [1.29, 1.82) is 0 Å². The third kappa shape index (κ3) is 4.05. The topological polar surface area (TPSA) is 96.1 Å². The molecule has 136 valence electrons. The molecule has 1 fully saturated rings. The van der Waals surface area contributed by atoms with E-state index in [4.69, 9.17) is 9.47 Å². The Balaban J connectivity index is 1.92. The summed E-state index contributed by atoms with van der Waals surface area (Å²) in [7, 11) is 1.60. The van der Waals surface area contributed by atoms with Gasteiger partial charge in [0.15, 0.2) is 11.6 Å². The molecule has 0 aliphatic carbocycles. The van der Waals surface area contributed by atoms with Crippen LogP contribution in [-0.2, 0) is 27.2 Å². The van der Waals surface area contributed by atoms with Gasteiger partial charge in [0.05, 0.1) is 32.8 Å². The van der Waals surface area contributed by atoms with Crippen LogP contribution in [0.4, 0.5) is 0 Å². The number of aromatic nitrogens is 5. The maximum absolute atomic E-state index is 11.7. The van der Waals surface area contributed by atoms with E-state index in [1.165, 1.54) is 0 Å². The molecule has 0 bridgehead atoms. The molecule has 1 atom stereocenters. The molecular weight excluding hydrogens is 324 g/mol. The first-order valence-electron chi connectivity index (χ1n) is 8.46. The van der Waals surface area contributed by atoms with Gasteiger partial charge in [0, 0.05) is 19.3 Å². The molecule has 25 heavy (non-hydrogen) atoms. The van der Waals surface area contributed by atoms with E-state index in [1.54, 1.807) is 17.9 Å². The van der Waals surface area contributed by atoms with Gasteiger partial charge in [-0.25, -0.2) is 9.67 Å². The highest BCUT2D eigenvalue weighted by atomic mass is 16.6. The maximum Gasteiger partial charge on any atom is 0.227 e. The lowest BCUT2D eigenvalue weighted by molar-refractivity contribution is -0.120.